The highest BCUT2D eigenvalue weighted by atomic mass is 32.2. The molecule has 0 radical (unpaired) electrons. The molecule has 1 aromatic rings. The molecular weight excluding hydrogens is 248 g/mol. The number of benzene rings is 1. The number of carbonyl (C=O) groups is 1. The van der Waals surface area contributed by atoms with Crippen molar-refractivity contribution < 1.29 is 9.00 Å². The maximum Gasteiger partial charge on any atom is 0.161 e. The van der Waals surface area contributed by atoms with Crippen LogP contribution in [0.5, 0.6) is 0 Å². The number of rotatable bonds is 3. The number of nitrogens with two attached hydrogens (primary N) is 1. The van der Waals surface area contributed by atoms with Gasteiger partial charge in [0.2, 0.25) is 0 Å². The summed E-state index contributed by atoms with van der Waals surface area (Å²) in [5.41, 5.74) is 7.73. The molecule has 0 unspecified atom stereocenters. The number of ketones is 1. The Morgan fingerprint density at radius 2 is 2.06 bits per heavy atom. The fourth-order valence-corrected chi connectivity index (χ4v) is 3.42. The van der Waals surface area contributed by atoms with E-state index in [9.17, 15) is 9.00 Å². The van der Waals surface area contributed by atoms with Gasteiger partial charge in [-0.15, -0.1) is 0 Å². The Hall–Kier alpha value is -1.36. The molecule has 1 aromatic carbocycles. The van der Waals surface area contributed by atoms with Crippen LogP contribution in [-0.4, -0.2) is 27.5 Å². The average Bonchev–Trinajstić information content (AvgIpc) is 2.34. The van der Waals surface area contributed by atoms with Gasteiger partial charge < -0.3 is 11.1 Å². The van der Waals surface area contributed by atoms with Gasteiger partial charge in [0.05, 0.1) is 0 Å². The third kappa shape index (κ3) is 3.10. The predicted octanol–water partition coefficient (Wildman–Crippen LogP) is 1.79. The lowest BCUT2D eigenvalue weighted by Gasteiger charge is -2.24. The zero-order valence-corrected chi connectivity index (χ0v) is 11.3. The molecule has 3 N–H and O–H groups in total. The van der Waals surface area contributed by atoms with Crippen LogP contribution in [0, 0.1) is 0 Å². The Bertz CT molecular complexity index is 478. The zero-order chi connectivity index (χ0) is 13.1. The maximum absolute atomic E-state index is 11.4. The van der Waals surface area contributed by atoms with Crippen LogP contribution in [0.3, 0.4) is 0 Å². The summed E-state index contributed by atoms with van der Waals surface area (Å²) in [5.74, 6) is 1.49. The van der Waals surface area contributed by atoms with E-state index in [1.807, 2.05) is 6.07 Å². The van der Waals surface area contributed by atoms with E-state index in [4.69, 9.17) is 5.73 Å². The lowest BCUT2D eigenvalue weighted by molar-refractivity contribution is 0.101. The molecule has 1 aliphatic heterocycles. The molecule has 98 valence electrons. The van der Waals surface area contributed by atoms with Gasteiger partial charge in [-0.2, -0.15) is 0 Å². The van der Waals surface area contributed by atoms with Gasteiger partial charge in [0.15, 0.2) is 5.78 Å². The summed E-state index contributed by atoms with van der Waals surface area (Å²) in [6.45, 7) is 1.51. The molecule has 1 aliphatic rings. The molecule has 2 rings (SSSR count). The van der Waals surface area contributed by atoms with Gasteiger partial charge in [-0.3, -0.25) is 9.00 Å². The molecule has 1 heterocycles. The van der Waals surface area contributed by atoms with Gasteiger partial charge in [-0.05, 0) is 38.0 Å². The molecule has 0 spiro atoms. The second-order valence-electron chi connectivity index (χ2n) is 4.62. The van der Waals surface area contributed by atoms with Crippen molar-refractivity contribution in [3.05, 3.63) is 23.8 Å². The number of anilines is 2. The topological polar surface area (TPSA) is 72.2 Å². The fourth-order valence-electron chi connectivity index (χ4n) is 2.12. The van der Waals surface area contributed by atoms with E-state index in [2.05, 4.69) is 5.32 Å². The maximum atomic E-state index is 11.4. The van der Waals surface area contributed by atoms with Crippen LogP contribution in [0.25, 0.3) is 0 Å². The summed E-state index contributed by atoms with van der Waals surface area (Å²) in [6, 6.07) is 5.77. The number of hydrogen-bond acceptors (Lipinski definition) is 4. The third-order valence-electron chi connectivity index (χ3n) is 3.19. The van der Waals surface area contributed by atoms with E-state index < -0.39 is 10.8 Å². The Morgan fingerprint density at radius 3 is 2.67 bits per heavy atom. The minimum atomic E-state index is -0.648. The molecule has 0 bridgehead atoms. The van der Waals surface area contributed by atoms with Gasteiger partial charge >= 0.3 is 0 Å². The highest BCUT2D eigenvalue weighted by Gasteiger charge is 2.17. The minimum absolute atomic E-state index is 0.0269. The Labute approximate surface area is 109 Å². The third-order valence-corrected chi connectivity index (χ3v) is 4.57. The van der Waals surface area contributed by atoms with Crippen molar-refractivity contribution >= 4 is 28.0 Å². The number of nitrogen functional groups attached to an aromatic ring is 1. The summed E-state index contributed by atoms with van der Waals surface area (Å²) in [4.78, 5) is 11.4. The van der Waals surface area contributed by atoms with Crippen LogP contribution in [-0.2, 0) is 10.8 Å². The lowest BCUT2D eigenvalue weighted by atomic mass is 10.1. The van der Waals surface area contributed by atoms with Gasteiger partial charge in [0, 0.05) is 45.3 Å². The summed E-state index contributed by atoms with van der Waals surface area (Å²) < 4.78 is 11.3. The summed E-state index contributed by atoms with van der Waals surface area (Å²) >= 11 is 0. The second-order valence-corrected chi connectivity index (χ2v) is 6.32. The van der Waals surface area contributed by atoms with E-state index in [1.54, 1.807) is 12.1 Å². The molecule has 5 heteroatoms. The SMILES string of the molecule is CC(=O)c1cc(NC2CCS(=O)CC2)ccc1N. The first-order valence-corrected chi connectivity index (χ1v) is 7.57. The Morgan fingerprint density at radius 1 is 1.39 bits per heavy atom. The standard InChI is InChI=1S/C13H18N2O2S/c1-9(16)12-8-11(2-3-13(12)14)15-10-4-6-18(17)7-5-10/h2-3,8,10,15H,4-7,14H2,1H3. The predicted molar refractivity (Wildman–Crippen MR) is 75.4 cm³/mol. The average molecular weight is 266 g/mol. The first kappa shape index (κ1) is 13.1. The normalized spacial score (nSPS) is 23.6. The van der Waals surface area contributed by atoms with E-state index in [0.29, 0.717) is 17.3 Å². The van der Waals surface area contributed by atoms with E-state index in [-0.39, 0.29) is 5.78 Å². The Kier molecular flexibility index (Phi) is 4.01. The van der Waals surface area contributed by atoms with Gasteiger partial charge in [0.25, 0.3) is 0 Å². The summed E-state index contributed by atoms with van der Waals surface area (Å²) in [7, 11) is -0.648. The monoisotopic (exact) mass is 266 g/mol. The molecular formula is C13H18N2O2S. The number of hydrogen-bond donors (Lipinski definition) is 2. The van der Waals surface area contributed by atoms with Crippen LogP contribution in [0.1, 0.15) is 30.1 Å². The molecule has 0 atom stereocenters. The molecule has 0 aliphatic carbocycles. The summed E-state index contributed by atoms with van der Waals surface area (Å²) in [6.07, 6.45) is 1.82. The first-order valence-electron chi connectivity index (χ1n) is 6.08. The minimum Gasteiger partial charge on any atom is -0.398 e. The largest absolute Gasteiger partial charge is 0.398 e. The van der Waals surface area contributed by atoms with Crippen molar-refractivity contribution in [2.24, 2.45) is 0 Å². The quantitative estimate of drug-likeness (QED) is 0.646. The molecule has 4 nitrogen and oxygen atoms in total. The zero-order valence-electron chi connectivity index (χ0n) is 10.4. The van der Waals surface area contributed by atoms with Gasteiger partial charge in [-0.25, -0.2) is 0 Å². The second kappa shape index (κ2) is 5.52. The number of Topliss-reactive ketones (excluding diaryl/α,β-unsaturated/α-hetero) is 1. The van der Waals surface area contributed by atoms with Crippen molar-refractivity contribution in [1.29, 1.82) is 0 Å². The number of carbonyl (C=O) groups excluding carboxylic acids is 1. The molecule has 1 fully saturated rings. The van der Waals surface area contributed by atoms with Crippen LogP contribution < -0.4 is 11.1 Å². The molecule has 0 amide bonds. The Balaban J connectivity index is 2.07. The van der Waals surface area contributed by atoms with Crippen LogP contribution >= 0.6 is 0 Å². The van der Waals surface area contributed by atoms with Crippen molar-refractivity contribution in [2.45, 2.75) is 25.8 Å². The molecule has 1 saturated heterocycles. The number of nitrogens with one attached hydrogen (secondary N) is 1. The van der Waals surface area contributed by atoms with Crippen LogP contribution in [0.4, 0.5) is 11.4 Å². The van der Waals surface area contributed by atoms with Gasteiger partial charge in [0.1, 0.15) is 0 Å². The van der Waals surface area contributed by atoms with E-state index in [1.165, 1.54) is 6.92 Å². The molecule has 0 saturated carbocycles. The molecule has 0 aromatic heterocycles. The highest BCUT2D eigenvalue weighted by molar-refractivity contribution is 7.85. The summed E-state index contributed by atoms with van der Waals surface area (Å²) in [5, 5.41) is 3.38. The molecule has 18 heavy (non-hydrogen) atoms. The van der Waals surface area contributed by atoms with Crippen molar-refractivity contribution in [2.75, 3.05) is 22.6 Å². The van der Waals surface area contributed by atoms with Crippen molar-refractivity contribution in [1.82, 2.24) is 0 Å². The fraction of sp³-hybridized carbons (Fsp3) is 0.462. The smallest absolute Gasteiger partial charge is 0.161 e. The van der Waals surface area contributed by atoms with Crippen molar-refractivity contribution in [3.8, 4) is 0 Å². The highest BCUT2D eigenvalue weighted by Crippen LogP contribution is 2.21. The van der Waals surface area contributed by atoms with Crippen LogP contribution in [0.15, 0.2) is 18.2 Å². The lowest BCUT2D eigenvalue weighted by Crippen LogP contribution is -2.29. The van der Waals surface area contributed by atoms with E-state index >= 15 is 0 Å². The van der Waals surface area contributed by atoms with Gasteiger partial charge in [-0.1, -0.05) is 0 Å². The van der Waals surface area contributed by atoms with E-state index in [0.717, 1.165) is 30.0 Å². The first-order chi connectivity index (χ1) is 8.56. The van der Waals surface area contributed by atoms with Crippen molar-refractivity contribution in [3.63, 3.8) is 0 Å². The van der Waals surface area contributed by atoms with Crippen LogP contribution in [0.2, 0.25) is 0 Å².